The van der Waals surface area contributed by atoms with Crippen LogP contribution >= 0.6 is 11.3 Å². The SMILES string of the molecule is O=C(NCc1nn2c(C3CC3)nnc2s1)c1ccc(C(F)(F)F)cc1. The summed E-state index contributed by atoms with van der Waals surface area (Å²) >= 11 is 1.32. The summed E-state index contributed by atoms with van der Waals surface area (Å²) in [5.41, 5.74) is -0.625. The van der Waals surface area contributed by atoms with Crippen LogP contribution in [-0.2, 0) is 12.7 Å². The highest BCUT2D eigenvalue weighted by molar-refractivity contribution is 7.16. The molecule has 1 saturated carbocycles. The number of aromatic nitrogens is 4. The van der Waals surface area contributed by atoms with Gasteiger partial charge < -0.3 is 5.32 Å². The molecule has 130 valence electrons. The van der Waals surface area contributed by atoms with Crippen LogP contribution < -0.4 is 5.32 Å². The van der Waals surface area contributed by atoms with E-state index in [4.69, 9.17) is 0 Å². The van der Waals surface area contributed by atoms with Gasteiger partial charge in [0.15, 0.2) is 5.82 Å². The lowest BCUT2D eigenvalue weighted by atomic mass is 10.1. The second-order valence-corrected chi connectivity index (χ2v) is 6.82. The summed E-state index contributed by atoms with van der Waals surface area (Å²) in [5, 5.41) is 15.9. The number of nitrogens with zero attached hydrogens (tertiary/aromatic N) is 4. The molecule has 1 N–H and O–H groups in total. The number of nitrogens with one attached hydrogen (secondary N) is 1. The fourth-order valence-electron chi connectivity index (χ4n) is 2.41. The second-order valence-electron chi connectivity index (χ2n) is 5.78. The van der Waals surface area contributed by atoms with Gasteiger partial charge in [0.2, 0.25) is 4.96 Å². The van der Waals surface area contributed by atoms with E-state index in [1.165, 1.54) is 11.3 Å². The van der Waals surface area contributed by atoms with Gasteiger partial charge in [0, 0.05) is 11.5 Å². The predicted molar refractivity (Wildman–Crippen MR) is 83.2 cm³/mol. The quantitative estimate of drug-likeness (QED) is 0.769. The van der Waals surface area contributed by atoms with Gasteiger partial charge in [-0.2, -0.15) is 22.8 Å². The van der Waals surface area contributed by atoms with Gasteiger partial charge >= 0.3 is 6.18 Å². The van der Waals surface area contributed by atoms with Gasteiger partial charge in [-0.05, 0) is 37.1 Å². The smallest absolute Gasteiger partial charge is 0.345 e. The van der Waals surface area contributed by atoms with Crippen molar-refractivity contribution in [3.05, 3.63) is 46.2 Å². The highest BCUT2D eigenvalue weighted by Crippen LogP contribution is 2.39. The van der Waals surface area contributed by atoms with E-state index in [2.05, 4.69) is 20.6 Å². The van der Waals surface area contributed by atoms with Gasteiger partial charge in [-0.1, -0.05) is 11.3 Å². The highest BCUT2D eigenvalue weighted by atomic mass is 32.1. The monoisotopic (exact) mass is 367 g/mol. The van der Waals surface area contributed by atoms with Crippen LogP contribution in [0.15, 0.2) is 24.3 Å². The molecule has 10 heteroatoms. The van der Waals surface area contributed by atoms with Crippen LogP contribution in [0.25, 0.3) is 4.96 Å². The molecule has 0 radical (unpaired) electrons. The molecule has 25 heavy (non-hydrogen) atoms. The largest absolute Gasteiger partial charge is 0.416 e. The molecular formula is C15H12F3N5OS. The maximum Gasteiger partial charge on any atom is 0.416 e. The lowest BCUT2D eigenvalue weighted by Crippen LogP contribution is -2.23. The summed E-state index contributed by atoms with van der Waals surface area (Å²) in [6.07, 6.45) is -2.26. The number of alkyl halides is 3. The summed E-state index contributed by atoms with van der Waals surface area (Å²) < 4.78 is 39.3. The normalized spacial score (nSPS) is 14.8. The summed E-state index contributed by atoms with van der Waals surface area (Å²) in [6.45, 7) is 0.179. The van der Waals surface area contributed by atoms with E-state index in [1.807, 2.05) is 0 Å². The van der Waals surface area contributed by atoms with Crippen molar-refractivity contribution in [1.29, 1.82) is 0 Å². The highest BCUT2D eigenvalue weighted by Gasteiger charge is 2.31. The number of halogens is 3. The molecule has 0 unspecified atom stereocenters. The zero-order valence-electron chi connectivity index (χ0n) is 12.7. The van der Waals surface area contributed by atoms with Crippen LogP contribution in [0.3, 0.4) is 0 Å². The number of hydrogen-bond acceptors (Lipinski definition) is 5. The topological polar surface area (TPSA) is 72.2 Å². The van der Waals surface area contributed by atoms with Gasteiger partial charge in [0.05, 0.1) is 12.1 Å². The van der Waals surface area contributed by atoms with Crippen LogP contribution in [0.4, 0.5) is 13.2 Å². The third-order valence-corrected chi connectivity index (χ3v) is 4.77. The zero-order chi connectivity index (χ0) is 17.6. The molecule has 1 amide bonds. The van der Waals surface area contributed by atoms with E-state index in [0.29, 0.717) is 15.9 Å². The van der Waals surface area contributed by atoms with Crippen molar-refractivity contribution in [2.45, 2.75) is 31.5 Å². The summed E-state index contributed by atoms with van der Waals surface area (Å²) in [7, 11) is 0. The van der Waals surface area contributed by atoms with Gasteiger partial charge in [-0.25, -0.2) is 0 Å². The maximum atomic E-state index is 12.5. The van der Waals surface area contributed by atoms with E-state index < -0.39 is 17.6 Å². The third-order valence-electron chi connectivity index (χ3n) is 3.87. The Hall–Kier alpha value is -2.49. The van der Waals surface area contributed by atoms with E-state index in [9.17, 15) is 18.0 Å². The average Bonchev–Trinajstić information content (AvgIpc) is 3.21. The van der Waals surface area contributed by atoms with Crippen LogP contribution in [-0.4, -0.2) is 25.7 Å². The first-order valence-electron chi connectivity index (χ1n) is 7.58. The molecule has 0 atom stereocenters. The minimum atomic E-state index is -4.42. The Balaban J connectivity index is 1.43. The third kappa shape index (κ3) is 3.21. The van der Waals surface area contributed by atoms with Crippen LogP contribution in [0.5, 0.6) is 0 Å². The standard InChI is InChI=1S/C15H12F3N5OS/c16-15(17,18)10-5-3-9(4-6-10)13(24)19-7-11-22-23-12(8-1-2-8)20-21-14(23)25-11/h3-6,8H,1-2,7H2,(H,19,24). The average molecular weight is 367 g/mol. The lowest BCUT2D eigenvalue weighted by molar-refractivity contribution is -0.137. The van der Waals surface area contributed by atoms with Gasteiger partial charge in [-0.15, -0.1) is 10.2 Å². The number of carbonyl (C=O) groups excluding carboxylic acids is 1. The van der Waals surface area contributed by atoms with E-state index in [1.54, 1.807) is 4.52 Å². The maximum absolute atomic E-state index is 12.5. The Kier molecular flexibility index (Phi) is 3.71. The molecule has 1 aromatic carbocycles. The zero-order valence-corrected chi connectivity index (χ0v) is 13.6. The minimum absolute atomic E-state index is 0.162. The second kappa shape index (κ2) is 5.80. The minimum Gasteiger partial charge on any atom is -0.345 e. The number of benzene rings is 1. The van der Waals surface area contributed by atoms with Crippen LogP contribution in [0, 0.1) is 0 Å². The summed E-state index contributed by atoms with van der Waals surface area (Å²) in [5.74, 6) is 0.792. The van der Waals surface area contributed by atoms with Crippen molar-refractivity contribution in [1.82, 2.24) is 25.1 Å². The number of amides is 1. The predicted octanol–water partition coefficient (Wildman–Crippen LogP) is 3.01. The first kappa shape index (κ1) is 16.0. The molecule has 1 aliphatic rings. The number of rotatable bonds is 4. The number of carbonyl (C=O) groups is 1. The van der Waals surface area contributed by atoms with Crippen molar-refractivity contribution in [2.24, 2.45) is 0 Å². The summed E-state index contributed by atoms with van der Waals surface area (Å²) in [4.78, 5) is 12.7. The first-order chi connectivity index (χ1) is 11.9. The van der Waals surface area contributed by atoms with Crippen molar-refractivity contribution in [2.75, 3.05) is 0 Å². The lowest BCUT2D eigenvalue weighted by Gasteiger charge is -2.07. The van der Waals surface area contributed by atoms with E-state index in [-0.39, 0.29) is 12.1 Å². The molecule has 1 aliphatic carbocycles. The van der Waals surface area contributed by atoms with Crippen molar-refractivity contribution in [3.63, 3.8) is 0 Å². The fraction of sp³-hybridized carbons (Fsp3) is 0.333. The van der Waals surface area contributed by atoms with Gasteiger partial charge in [-0.3, -0.25) is 4.79 Å². The van der Waals surface area contributed by atoms with Crippen LogP contribution in [0.2, 0.25) is 0 Å². The molecule has 2 heterocycles. The molecule has 2 aromatic heterocycles. The Morgan fingerprint density at radius 3 is 2.60 bits per heavy atom. The molecule has 3 aromatic rings. The molecule has 0 saturated heterocycles. The molecule has 6 nitrogen and oxygen atoms in total. The van der Waals surface area contributed by atoms with Crippen molar-refractivity contribution in [3.8, 4) is 0 Å². The van der Waals surface area contributed by atoms with E-state index >= 15 is 0 Å². The van der Waals surface area contributed by atoms with E-state index in [0.717, 1.165) is 42.9 Å². The number of fused-ring (bicyclic) bond motifs is 1. The molecular weight excluding hydrogens is 355 g/mol. The number of hydrogen-bond donors (Lipinski definition) is 1. The molecule has 0 spiro atoms. The van der Waals surface area contributed by atoms with Crippen LogP contribution in [0.1, 0.15) is 45.5 Å². The molecule has 4 rings (SSSR count). The Labute approximate surface area is 143 Å². The molecule has 0 aliphatic heterocycles. The fourth-order valence-corrected chi connectivity index (χ4v) is 3.19. The Morgan fingerprint density at radius 1 is 1.24 bits per heavy atom. The first-order valence-corrected chi connectivity index (χ1v) is 8.40. The van der Waals surface area contributed by atoms with Gasteiger partial charge in [0.25, 0.3) is 5.91 Å². The van der Waals surface area contributed by atoms with Crippen molar-refractivity contribution < 1.29 is 18.0 Å². The van der Waals surface area contributed by atoms with Gasteiger partial charge in [0.1, 0.15) is 5.01 Å². The molecule has 1 fully saturated rings. The summed E-state index contributed by atoms with van der Waals surface area (Å²) in [6, 6.07) is 4.09. The Bertz CT molecular complexity index is 927. The molecule has 0 bridgehead atoms. The Morgan fingerprint density at radius 2 is 1.96 bits per heavy atom. The van der Waals surface area contributed by atoms with Crippen molar-refractivity contribution >= 4 is 22.2 Å².